The molecule has 3 heterocycles. The van der Waals surface area contributed by atoms with E-state index in [4.69, 9.17) is 4.74 Å². The number of rotatable bonds is 3. The molecule has 2 aliphatic heterocycles. The van der Waals surface area contributed by atoms with Gasteiger partial charge in [-0.25, -0.2) is 0 Å². The van der Waals surface area contributed by atoms with E-state index in [-0.39, 0.29) is 23.7 Å². The third-order valence-electron chi connectivity index (χ3n) is 5.54. The average molecular weight is 589 g/mol. The number of pyridine rings is 1. The first-order chi connectivity index (χ1) is 16.3. The van der Waals surface area contributed by atoms with Crippen LogP contribution in [0.3, 0.4) is 0 Å². The van der Waals surface area contributed by atoms with Crippen molar-refractivity contribution in [3.63, 3.8) is 0 Å². The molecule has 1 unspecified atom stereocenters. The Morgan fingerprint density at radius 2 is 1.56 bits per heavy atom. The fourth-order valence-electron chi connectivity index (χ4n) is 3.83. The van der Waals surface area contributed by atoms with Gasteiger partial charge in [-0.05, 0) is 61.2 Å². The molecule has 0 spiro atoms. The Morgan fingerprint density at radius 3 is 2.21 bits per heavy atom. The number of fused-ring (bicyclic) bond motifs is 2. The van der Waals surface area contributed by atoms with E-state index in [9.17, 15) is 14.7 Å². The third kappa shape index (κ3) is 5.77. The van der Waals surface area contributed by atoms with E-state index in [2.05, 4.69) is 47.5 Å². The Balaban J connectivity index is 0.000000180. The molecule has 3 aromatic rings. The number of aromatic nitrogens is 1. The van der Waals surface area contributed by atoms with Crippen molar-refractivity contribution in [1.82, 2.24) is 4.98 Å². The van der Waals surface area contributed by atoms with Crippen LogP contribution in [0, 0.1) is 0 Å². The van der Waals surface area contributed by atoms with Crippen molar-refractivity contribution in [1.29, 1.82) is 0 Å². The largest absolute Gasteiger partial charge is 0.506 e. The lowest BCUT2D eigenvalue weighted by Crippen LogP contribution is -2.20. The van der Waals surface area contributed by atoms with Gasteiger partial charge in [-0.15, -0.1) is 0 Å². The van der Waals surface area contributed by atoms with E-state index in [1.807, 2.05) is 37.3 Å². The number of halogens is 2. The highest BCUT2D eigenvalue weighted by Gasteiger charge is 2.21. The Labute approximate surface area is 214 Å². The molecule has 0 radical (unpaired) electrons. The lowest BCUT2D eigenvalue weighted by molar-refractivity contribution is -0.117. The zero-order valence-electron chi connectivity index (χ0n) is 18.4. The molecule has 0 aliphatic carbocycles. The van der Waals surface area contributed by atoms with Crippen molar-refractivity contribution >= 4 is 55.0 Å². The number of amides is 2. The minimum Gasteiger partial charge on any atom is -0.506 e. The van der Waals surface area contributed by atoms with Crippen molar-refractivity contribution in [2.75, 3.05) is 10.6 Å². The predicted octanol–water partition coefficient (Wildman–Crippen LogP) is 5.91. The summed E-state index contributed by atoms with van der Waals surface area (Å²) in [6, 6.07) is 11.3. The number of nitrogens with zero attached hydrogens (tertiary/aromatic N) is 1. The maximum atomic E-state index is 11.6. The molecule has 3 N–H and O–H groups in total. The molecule has 1 atom stereocenters. The number of ether oxygens (including phenoxy) is 1. The van der Waals surface area contributed by atoms with Gasteiger partial charge in [0.15, 0.2) is 0 Å². The van der Waals surface area contributed by atoms with E-state index in [0.29, 0.717) is 30.7 Å². The molecule has 176 valence electrons. The van der Waals surface area contributed by atoms with Gasteiger partial charge in [0.2, 0.25) is 11.8 Å². The Hall–Kier alpha value is -2.91. The maximum absolute atomic E-state index is 11.6. The first-order valence-electron chi connectivity index (χ1n) is 10.8. The Kier molecular flexibility index (Phi) is 7.53. The number of aromatic hydroxyl groups is 1. The number of phenolic OH excluding ortho intramolecular Hbond substituents is 1. The second-order valence-electron chi connectivity index (χ2n) is 8.04. The Bertz CT molecular complexity index is 1230. The van der Waals surface area contributed by atoms with Gasteiger partial charge in [0.05, 0.1) is 11.4 Å². The van der Waals surface area contributed by atoms with Crippen molar-refractivity contribution in [3.05, 3.63) is 74.4 Å². The highest BCUT2D eigenvalue weighted by molar-refractivity contribution is 9.10. The number of aryl methyl sites for hydroxylation is 2. The number of carbonyl (C=O) groups excluding carboxylic acids is 2. The molecule has 0 saturated carbocycles. The SMILES string of the molecule is CC(Oc1cc(Br)cc2c1NC(=O)CC2)c1cccnc1.O=C1CCc2cc(Br)cc(O)c2N1. The lowest BCUT2D eigenvalue weighted by atomic mass is 10.0. The fraction of sp³-hybridized carbons (Fsp3) is 0.240. The molecule has 2 aliphatic rings. The van der Waals surface area contributed by atoms with Crippen LogP contribution in [0.15, 0.2) is 57.7 Å². The summed E-state index contributed by atoms with van der Waals surface area (Å²) < 4.78 is 7.83. The highest BCUT2D eigenvalue weighted by Crippen LogP contribution is 2.38. The van der Waals surface area contributed by atoms with Crippen LogP contribution >= 0.6 is 31.9 Å². The summed E-state index contributed by atoms with van der Waals surface area (Å²) >= 11 is 6.78. The van der Waals surface area contributed by atoms with Gasteiger partial charge in [-0.2, -0.15) is 0 Å². The molecule has 9 heteroatoms. The molecule has 2 aromatic carbocycles. The van der Waals surface area contributed by atoms with Gasteiger partial charge in [0, 0.05) is 39.7 Å². The number of hydrogen-bond donors (Lipinski definition) is 3. The smallest absolute Gasteiger partial charge is 0.224 e. The van der Waals surface area contributed by atoms with Crippen LogP contribution in [0.5, 0.6) is 11.5 Å². The number of nitrogens with one attached hydrogen (secondary N) is 2. The van der Waals surface area contributed by atoms with E-state index in [0.717, 1.165) is 37.7 Å². The van der Waals surface area contributed by atoms with Crippen LogP contribution in [0.25, 0.3) is 0 Å². The van der Waals surface area contributed by atoms with Crippen molar-refractivity contribution < 1.29 is 19.4 Å². The minimum absolute atomic E-state index is 0.0312. The highest BCUT2D eigenvalue weighted by atomic mass is 79.9. The molecule has 7 nitrogen and oxygen atoms in total. The van der Waals surface area contributed by atoms with Crippen molar-refractivity contribution in [2.45, 2.75) is 38.7 Å². The molecule has 2 amide bonds. The summed E-state index contributed by atoms with van der Waals surface area (Å²) in [6.45, 7) is 1.97. The van der Waals surface area contributed by atoms with Crippen LogP contribution in [0.4, 0.5) is 11.4 Å². The van der Waals surface area contributed by atoms with E-state index >= 15 is 0 Å². The molecule has 0 fully saturated rings. The lowest BCUT2D eigenvalue weighted by Gasteiger charge is -2.23. The summed E-state index contributed by atoms with van der Waals surface area (Å²) in [7, 11) is 0. The average Bonchev–Trinajstić information content (AvgIpc) is 2.81. The van der Waals surface area contributed by atoms with Crippen LogP contribution in [-0.2, 0) is 22.4 Å². The number of benzene rings is 2. The summed E-state index contributed by atoms with van der Waals surface area (Å²) in [5.41, 5.74) is 4.40. The second kappa shape index (κ2) is 10.6. The quantitative estimate of drug-likeness (QED) is 0.330. The van der Waals surface area contributed by atoms with Crippen molar-refractivity contribution in [3.8, 4) is 11.5 Å². The van der Waals surface area contributed by atoms with Crippen LogP contribution in [-0.4, -0.2) is 21.9 Å². The van der Waals surface area contributed by atoms with Gasteiger partial charge in [-0.1, -0.05) is 37.9 Å². The van der Waals surface area contributed by atoms with Gasteiger partial charge in [0.1, 0.15) is 17.6 Å². The molecule has 0 bridgehead atoms. The van der Waals surface area contributed by atoms with Gasteiger partial charge < -0.3 is 20.5 Å². The number of carbonyl (C=O) groups is 2. The summed E-state index contributed by atoms with van der Waals surface area (Å²) in [4.78, 5) is 26.8. The van der Waals surface area contributed by atoms with E-state index < -0.39 is 0 Å². The molecule has 5 rings (SSSR count). The first kappa shape index (κ1) is 24.2. The monoisotopic (exact) mass is 587 g/mol. The number of phenols is 1. The van der Waals surface area contributed by atoms with Crippen LogP contribution < -0.4 is 15.4 Å². The normalized spacial score (nSPS) is 15.0. The van der Waals surface area contributed by atoms with Crippen LogP contribution in [0.2, 0.25) is 0 Å². The summed E-state index contributed by atoms with van der Waals surface area (Å²) in [5, 5.41) is 15.1. The standard InChI is InChI=1S/C16H15BrN2O2.C9H8BrNO2/c1-10(12-3-2-6-18-9-12)21-14-8-13(17)7-11-4-5-15(20)19-16(11)14;10-6-3-5-1-2-8(13)11-9(5)7(12)4-6/h2-3,6-10H,4-5H2,1H3,(H,19,20);3-4,12H,1-2H2,(H,11,13). The predicted molar refractivity (Wildman–Crippen MR) is 137 cm³/mol. The molecular weight excluding hydrogens is 566 g/mol. The molecule has 0 saturated heterocycles. The Morgan fingerprint density at radius 1 is 0.941 bits per heavy atom. The molecular formula is C25H23Br2N3O4. The zero-order chi connectivity index (χ0) is 24.2. The number of hydrogen-bond acceptors (Lipinski definition) is 5. The third-order valence-corrected chi connectivity index (χ3v) is 6.46. The van der Waals surface area contributed by atoms with Crippen molar-refractivity contribution in [2.24, 2.45) is 0 Å². The molecule has 34 heavy (non-hydrogen) atoms. The topological polar surface area (TPSA) is 101 Å². The number of anilines is 2. The molecule has 1 aromatic heterocycles. The summed E-state index contributed by atoms with van der Waals surface area (Å²) in [6.07, 6.45) is 5.80. The van der Waals surface area contributed by atoms with E-state index in [1.54, 1.807) is 18.5 Å². The van der Waals surface area contributed by atoms with Gasteiger partial charge >= 0.3 is 0 Å². The maximum Gasteiger partial charge on any atom is 0.224 e. The minimum atomic E-state index is -0.143. The van der Waals surface area contributed by atoms with E-state index in [1.165, 1.54) is 0 Å². The first-order valence-corrected chi connectivity index (χ1v) is 12.4. The van der Waals surface area contributed by atoms with Gasteiger partial charge in [0.25, 0.3) is 0 Å². The van der Waals surface area contributed by atoms with Crippen LogP contribution in [0.1, 0.15) is 42.6 Å². The second-order valence-corrected chi connectivity index (χ2v) is 9.87. The van der Waals surface area contributed by atoms with Gasteiger partial charge in [-0.3, -0.25) is 14.6 Å². The fourth-order valence-corrected chi connectivity index (χ4v) is 4.81. The summed E-state index contributed by atoms with van der Waals surface area (Å²) in [5.74, 6) is 0.801. The zero-order valence-corrected chi connectivity index (χ0v) is 21.6.